The summed E-state index contributed by atoms with van der Waals surface area (Å²) in [5.74, 6) is 0.0379. The topological polar surface area (TPSA) is 52.7 Å². The number of nitrogens with one attached hydrogen (secondary N) is 1. The van der Waals surface area contributed by atoms with Crippen LogP contribution in [0.1, 0.15) is 59.3 Å². The van der Waals surface area contributed by atoms with Gasteiger partial charge in [0.2, 0.25) is 11.8 Å². The van der Waals surface area contributed by atoms with E-state index in [0.29, 0.717) is 19.0 Å². The van der Waals surface area contributed by atoms with Gasteiger partial charge in [0.15, 0.2) is 0 Å². The van der Waals surface area contributed by atoms with Crippen LogP contribution in [-0.2, 0) is 9.59 Å². The van der Waals surface area contributed by atoms with Crippen molar-refractivity contribution < 1.29 is 9.59 Å². The van der Waals surface area contributed by atoms with E-state index in [1.165, 1.54) is 19.3 Å². The Kier molecular flexibility index (Phi) is 7.95. The average molecular weight is 360 g/mol. The lowest BCUT2D eigenvalue weighted by Gasteiger charge is -2.33. The summed E-state index contributed by atoms with van der Waals surface area (Å²) in [6.07, 6.45) is 6.08. The Hall–Kier alpha value is -2.04. The van der Waals surface area contributed by atoms with E-state index in [1.807, 2.05) is 29.2 Å². The van der Waals surface area contributed by atoms with Gasteiger partial charge in [-0.2, -0.15) is 0 Å². The monoisotopic (exact) mass is 359 g/mol. The van der Waals surface area contributed by atoms with E-state index in [4.69, 9.17) is 0 Å². The summed E-state index contributed by atoms with van der Waals surface area (Å²) < 4.78 is 0. The molecule has 1 aromatic rings. The summed E-state index contributed by atoms with van der Waals surface area (Å²) in [5, 5.41) is 2.95. The minimum Gasteiger partial charge on any atom is -0.372 e. The van der Waals surface area contributed by atoms with Crippen LogP contribution < -0.4 is 10.2 Å². The molecule has 0 radical (unpaired) electrons. The molecule has 1 aliphatic carbocycles. The second-order valence-electron chi connectivity index (χ2n) is 7.02. The summed E-state index contributed by atoms with van der Waals surface area (Å²) in [7, 11) is 0. The maximum absolute atomic E-state index is 12.3. The third-order valence-electron chi connectivity index (χ3n) is 5.28. The molecule has 0 atom stereocenters. The van der Waals surface area contributed by atoms with Crippen LogP contribution in [0.25, 0.3) is 0 Å². The van der Waals surface area contributed by atoms with Crippen LogP contribution >= 0.6 is 0 Å². The molecule has 5 nitrogen and oxygen atoms in total. The van der Waals surface area contributed by atoms with Crippen molar-refractivity contribution >= 4 is 23.2 Å². The molecule has 0 spiro atoms. The Morgan fingerprint density at radius 3 is 2.19 bits per heavy atom. The molecule has 1 aliphatic rings. The maximum Gasteiger partial charge on any atom is 0.226 e. The summed E-state index contributed by atoms with van der Waals surface area (Å²) in [5.41, 5.74) is 1.96. The van der Waals surface area contributed by atoms with E-state index in [9.17, 15) is 9.59 Å². The van der Waals surface area contributed by atoms with Crippen LogP contribution in [0.15, 0.2) is 24.3 Å². The van der Waals surface area contributed by atoms with Crippen molar-refractivity contribution in [1.82, 2.24) is 4.90 Å². The molecule has 0 aromatic heterocycles. The number of carbonyl (C=O) groups is 2. The van der Waals surface area contributed by atoms with Gasteiger partial charge in [0.25, 0.3) is 0 Å². The van der Waals surface area contributed by atoms with Gasteiger partial charge in [0, 0.05) is 50.4 Å². The number of amides is 2. The fourth-order valence-corrected chi connectivity index (χ4v) is 3.78. The number of rotatable bonds is 8. The van der Waals surface area contributed by atoms with E-state index in [-0.39, 0.29) is 11.8 Å². The van der Waals surface area contributed by atoms with Crippen molar-refractivity contribution in [3.05, 3.63) is 24.3 Å². The molecule has 144 valence electrons. The minimum absolute atomic E-state index is 0.0392. The van der Waals surface area contributed by atoms with Gasteiger partial charge in [0.05, 0.1) is 0 Å². The molecule has 1 aromatic carbocycles. The molecule has 2 rings (SSSR count). The molecular formula is C21H33N3O2. The number of hydrogen-bond donors (Lipinski definition) is 1. The Morgan fingerprint density at radius 1 is 1.04 bits per heavy atom. The molecular weight excluding hydrogens is 326 g/mol. The van der Waals surface area contributed by atoms with Crippen molar-refractivity contribution in [3.8, 4) is 0 Å². The molecule has 0 heterocycles. The maximum atomic E-state index is 12.3. The first kappa shape index (κ1) is 20.3. The summed E-state index contributed by atoms with van der Waals surface area (Å²) in [4.78, 5) is 28.4. The van der Waals surface area contributed by atoms with Gasteiger partial charge in [-0.1, -0.05) is 19.3 Å². The third-order valence-corrected chi connectivity index (χ3v) is 5.28. The largest absolute Gasteiger partial charge is 0.372 e. The minimum atomic E-state index is -0.0392. The Labute approximate surface area is 157 Å². The quantitative estimate of drug-likeness (QED) is 0.762. The van der Waals surface area contributed by atoms with Gasteiger partial charge in [-0.05, 0) is 51.0 Å². The van der Waals surface area contributed by atoms with Crippen LogP contribution in [0.4, 0.5) is 11.4 Å². The van der Waals surface area contributed by atoms with Crippen molar-refractivity contribution in [1.29, 1.82) is 0 Å². The zero-order chi connectivity index (χ0) is 18.9. The molecule has 2 amide bonds. The van der Waals surface area contributed by atoms with Gasteiger partial charge in [-0.25, -0.2) is 0 Å². The van der Waals surface area contributed by atoms with E-state index in [1.54, 1.807) is 6.92 Å². The van der Waals surface area contributed by atoms with Gasteiger partial charge < -0.3 is 15.1 Å². The van der Waals surface area contributed by atoms with Gasteiger partial charge in [-0.3, -0.25) is 9.59 Å². The first-order valence-corrected chi connectivity index (χ1v) is 9.97. The predicted octanol–water partition coefficient (Wildman–Crippen LogP) is 4.04. The van der Waals surface area contributed by atoms with E-state index >= 15 is 0 Å². The fourth-order valence-electron chi connectivity index (χ4n) is 3.78. The highest BCUT2D eigenvalue weighted by Gasteiger charge is 2.23. The normalized spacial score (nSPS) is 14.7. The summed E-state index contributed by atoms with van der Waals surface area (Å²) >= 11 is 0. The Balaban J connectivity index is 1.86. The average Bonchev–Trinajstić information content (AvgIpc) is 2.65. The zero-order valence-corrected chi connectivity index (χ0v) is 16.5. The first-order valence-electron chi connectivity index (χ1n) is 9.97. The molecule has 0 aliphatic heterocycles. The lowest BCUT2D eigenvalue weighted by atomic mass is 9.94. The van der Waals surface area contributed by atoms with Gasteiger partial charge in [-0.15, -0.1) is 0 Å². The smallest absolute Gasteiger partial charge is 0.226 e. The van der Waals surface area contributed by atoms with Crippen LogP contribution in [0.2, 0.25) is 0 Å². The Morgan fingerprint density at radius 2 is 1.65 bits per heavy atom. The van der Waals surface area contributed by atoms with E-state index in [0.717, 1.165) is 37.3 Å². The fraction of sp³-hybridized carbons (Fsp3) is 0.619. The van der Waals surface area contributed by atoms with Crippen molar-refractivity contribution in [2.45, 2.75) is 65.3 Å². The molecule has 0 bridgehead atoms. The highest BCUT2D eigenvalue weighted by molar-refractivity contribution is 5.91. The van der Waals surface area contributed by atoms with Crippen molar-refractivity contribution in [2.24, 2.45) is 0 Å². The summed E-state index contributed by atoms with van der Waals surface area (Å²) in [6, 6.07) is 8.26. The number of hydrogen-bond acceptors (Lipinski definition) is 3. The highest BCUT2D eigenvalue weighted by atomic mass is 16.2. The van der Waals surface area contributed by atoms with Gasteiger partial charge in [0.1, 0.15) is 0 Å². The Bertz CT molecular complexity index is 575. The van der Waals surface area contributed by atoms with Crippen LogP contribution in [-0.4, -0.2) is 42.4 Å². The second kappa shape index (κ2) is 10.2. The molecule has 1 N–H and O–H groups in total. The molecule has 1 fully saturated rings. The third kappa shape index (κ3) is 5.75. The van der Waals surface area contributed by atoms with Crippen LogP contribution in [0.3, 0.4) is 0 Å². The van der Waals surface area contributed by atoms with Crippen molar-refractivity contribution in [2.75, 3.05) is 29.9 Å². The highest BCUT2D eigenvalue weighted by Crippen LogP contribution is 2.23. The predicted molar refractivity (Wildman–Crippen MR) is 108 cm³/mol. The molecule has 1 saturated carbocycles. The lowest BCUT2D eigenvalue weighted by molar-refractivity contribution is -0.132. The van der Waals surface area contributed by atoms with Crippen molar-refractivity contribution in [3.63, 3.8) is 0 Å². The van der Waals surface area contributed by atoms with Crippen LogP contribution in [0, 0.1) is 0 Å². The molecule has 26 heavy (non-hydrogen) atoms. The number of nitrogens with zero attached hydrogens (tertiary/aromatic N) is 2. The number of carbonyl (C=O) groups excluding carboxylic acids is 2. The number of anilines is 2. The standard InChI is InChI=1S/C21H33N3O2/c1-4-23(5-2)19-13-11-18(12-14-19)22-21(26)15-16-24(17(3)25)20-9-7-6-8-10-20/h11-14,20H,4-10,15-16H2,1-3H3,(H,22,26). The molecule has 0 unspecified atom stereocenters. The molecule has 0 saturated heterocycles. The summed E-state index contributed by atoms with van der Waals surface area (Å²) in [6.45, 7) is 8.30. The van der Waals surface area contributed by atoms with E-state index in [2.05, 4.69) is 24.1 Å². The first-order chi connectivity index (χ1) is 12.5. The number of benzene rings is 1. The van der Waals surface area contributed by atoms with Gasteiger partial charge >= 0.3 is 0 Å². The second-order valence-corrected chi connectivity index (χ2v) is 7.02. The van der Waals surface area contributed by atoms with Crippen LogP contribution in [0.5, 0.6) is 0 Å². The van der Waals surface area contributed by atoms with E-state index < -0.39 is 0 Å². The SMILES string of the molecule is CCN(CC)c1ccc(NC(=O)CCN(C(C)=O)C2CCCCC2)cc1. The lowest BCUT2D eigenvalue weighted by Crippen LogP contribution is -2.41. The zero-order valence-electron chi connectivity index (χ0n) is 16.5. The molecule has 5 heteroatoms.